The number of nitrogens with zero attached hydrogens (tertiary/aromatic N) is 4. The molecule has 0 spiro atoms. The number of carbonyl (C=O) groups is 9. The van der Waals surface area contributed by atoms with Gasteiger partial charge in [0.2, 0.25) is 41.2 Å². The highest BCUT2D eigenvalue weighted by Gasteiger charge is 2.50. The highest BCUT2D eigenvalue weighted by Crippen LogP contribution is 2.50. The number of imide groups is 1. The number of phenolic OH excluding ortho intramolecular Hbond substituents is 6. The largest absolute Gasteiger partial charge is 0.508 e. The Morgan fingerprint density at radius 3 is 1.85 bits per heavy atom. The van der Waals surface area contributed by atoms with E-state index in [0.717, 1.165) is 103 Å². The first-order valence-electron chi connectivity index (χ1n) is 41.2. The number of carboxylic acids is 1. The van der Waals surface area contributed by atoms with Crippen LogP contribution in [-0.2, 0) is 84.6 Å². The molecule has 44 heteroatoms. The lowest BCUT2D eigenvalue weighted by Gasteiger charge is -2.44. The topological polar surface area (TPSA) is 577 Å². The number of hydrogen-bond donors (Lipinski definition) is 18. The molecule has 694 valence electrons. The van der Waals surface area contributed by atoms with Crippen LogP contribution in [0.2, 0.25) is 10.0 Å². The van der Waals surface area contributed by atoms with E-state index in [1.807, 2.05) is 13.8 Å². The molecule has 14 atom stereocenters. The van der Waals surface area contributed by atoms with Gasteiger partial charge in [-0.05, 0) is 137 Å². The summed E-state index contributed by atoms with van der Waals surface area (Å²) in [4.78, 5) is 135. The Labute approximate surface area is 763 Å². The van der Waals surface area contributed by atoms with Crippen molar-refractivity contribution in [1.82, 2.24) is 57.1 Å². The lowest BCUT2D eigenvalue weighted by atomic mass is 9.89. The van der Waals surface area contributed by atoms with E-state index >= 15 is 24.0 Å². The summed E-state index contributed by atoms with van der Waals surface area (Å²) in [6.45, 7) is 5.02. The van der Waals surface area contributed by atoms with E-state index in [0.29, 0.717) is 9.81 Å². The standard InChI is InChI=1S/C87H91Cl2N11O29S2/c1-4-22-130-76-77(131-23-5-2)85(118)99(84(76)117)14-15-121-16-17-122-18-19-123-20-21-124-38-46-36-100(98-97-46)71-42-8-11-56(106)60(30-42)125-49-27-44(26-47(103)33-49)66-80(113)94-67-45-31-61(126-58-12-6-40(24-52(58)88)25-54(78(111)92-66)91-83(71)116)72(108)62(32-45)127-59-13-9-43(29-53(59)89)75(129-87-69(90-39(3)102)74(110)73(109)63(37-101)128-87)70-82(115)95-68(86(119)120)51-34-48(104)35-57(107)64(51)50-28-41(7-10-55(50)105)65(79(112)96-70)93-81(67)114/h6-13,24,26-36,54,63,65-71,73-75,81,87,93,101,103-110,114H,4-5,14-23,25,37-38H2,1-3H3,(H,90,102)(H,91,116)(H,92,111)(H,94,113)(H,95,115)(H,96,112)(H,119,120)/t54-,63-,65-,66+,67-,68-,69-,70-,71?,73-,74-,75-,81?,87+/m1/s1. The summed E-state index contributed by atoms with van der Waals surface area (Å²) in [5, 5.41) is 155. The Bertz CT molecular complexity index is 5710. The van der Waals surface area contributed by atoms with Gasteiger partial charge in [-0.15, -0.1) is 28.6 Å². The van der Waals surface area contributed by atoms with Crippen LogP contribution in [0.5, 0.6) is 69.0 Å². The zero-order valence-corrected chi connectivity index (χ0v) is 73.0. The van der Waals surface area contributed by atoms with Crippen LogP contribution >= 0.6 is 46.7 Å². The van der Waals surface area contributed by atoms with Crippen LogP contribution < -0.4 is 51.4 Å². The van der Waals surface area contributed by atoms with Gasteiger partial charge < -0.3 is 131 Å². The minimum Gasteiger partial charge on any atom is -0.508 e. The molecule has 16 rings (SSSR count). The van der Waals surface area contributed by atoms with Gasteiger partial charge in [-0.25, -0.2) is 9.48 Å². The summed E-state index contributed by atoms with van der Waals surface area (Å²) in [5.41, 5.74) is -2.36. The first-order chi connectivity index (χ1) is 62.9. The number of nitrogens with one attached hydrogen (secondary N) is 7. The second kappa shape index (κ2) is 42.0. The van der Waals surface area contributed by atoms with Crippen LogP contribution in [0.25, 0.3) is 11.1 Å². The summed E-state index contributed by atoms with van der Waals surface area (Å²) in [6.07, 6.45) is -9.75. The van der Waals surface area contributed by atoms with Crippen molar-refractivity contribution in [2.75, 3.05) is 70.9 Å². The number of thioether (sulfide) groups is 2. The molecule has 1 saturated heterocycles. The molecule has 17 bridgehead atoms. The molecule has 1 fully saturated rings. The monoisotopic (exact) mass is 1890 g/mol. The van der Waals surface area contributed by atoms with Crippen molar-refractivity contribution in [2.45, 2.75) is 132 Å². The number of phenols is 6. The van der Waals surface area contributed by atoms with E-state index in [1.54, 1.807) is 0 Å². The van der Waals surface area contributed by atoms with Gasteiger partial charge in [0.25, 0.3) is 11.8 Å². The smallest absolute Gasteiger partial charge is 0.330 e. The van der Waals surface area contributed by atoms with Gasteiger partial charge in [0, 0.05) is 42.2 Å². The molecule has 40 nitrogen and oxygen atoms in total. The number of halogens is 2. The first kappa shape index (κ1) is 95.0. The van der Waals surface area contributed by atoms with E-state index in [9.17, 15) is 75.3 Å². The lowest BCUT2D eigenvalue weighted by Crippen LogP contribution is -2.65. The first-order valence-corrected chi connectivity index (χ1v) is 44.0. The van der Waals surface area contributed by atoms with Crippen molar-refractivity contribution in [3.63, 3.8) is 0 Å². The van der Waals surface area contributed by atoms with Crippen molar-refractivity contribution in [1.29, 1.82) is 0 Å². The van der Waals surface area contributed by atoms with Crippen molar-refractivity contribution in [3.05, 3.63) is 186 Å². The molecular weight excluding hydrogens is 1800 g/mol. The Morgan fingerprint density at radius 2 is 1.20 bits per heavy atom. The molecule has 18 N–H and O–H groups in total. The number of rotatable bonds is 26. The molecule has 131 heavy (non-hydrogen) atoms. The Balaban J connectivity index is 0.788. The number of fused-ring (bicyclic) bond motifs is 14. The quantitative estimate of drug-likeness (QED) is 0.0240. The number of carboxylic acid groups (broad SMARTS) is 1. The molecule has 8 amide bonds. The van der Waals surface area contributed by atoms with Crippen LogP contribution in [0, 0.1) is 0 Å². The molecule has 8 aliphatic rings. The maximum Gasteiger partial charge on any atom is 0.330 e. The van der Waals surface area contributed by atoms with E-state index in [-0.39, 0.29) is 138 Å². The molecule has 0 aliphatic carbocycles. The summed E-state index contributed by atoms with van der Waals surface area (Å²) >= 11 is 17.1. The predicted octanol–water partition coefficient (Wildman–Crippen LogP) is 5.36. The number of aliphatic carboxylic acids is 1. The third-order valence-electron chi connectivity index (χ3n) is 21.6. The average molecular weight is 1890 g/mol. The number of hydrogen-bond acceptors (Lipinski definition) is 33. The number of amides is 8. The van der Waals surface area contributed by atoms with Gasteiger partial charge in [0.15, 0.2) is 41.4 Å². The maximum atomic E-state index is 16.2. The van der Waals surface area contributed by atoms with Gasteiger partial charge in [0.05, 0.1) is 98.1 Å². The van der Waals surface area contributed by atoms with Crippen LogP contribution in [0.15, 0.2) is 131 Å². The second-order valence-electron chi connectivity index (χ2n) is 30.9. The van der Waals surface area contributed by atoms with Crippen LogP contribution in [0.1, 0.15) is 115 Å². The molecule has 8 aromatic rings. The van der Waals surface area contributed by atoms with Gasteiger partial charge >= 0.3 is 5.97 Å². The van der Waals surface area contributed by atoms with E-state index in [1.165, 1.54) is 83.2 Å². The van der Waals surface area contributed by atoms with Gasteiger partial charge in [-0.2, -0.15) is 0 Å². The van der Waals surface area contributed by atoms with E-state index in [4.69, 9.17) is 65.8 Å². The zero-order chi connectivity index (χ0) is 93.3. The fraction of sp³-hybridized carbons (Fsp3) is 0.368. The van der Waals surface area contributed by atoms with Gasteiger partial charge in [-0.3, -0.25) is 48.6 Å². The van der Waals surface area contributed by atoms with E-state index < -0.39 is 207 Å². The summed E-state index contributed by atoms with van der Waals surface area (Å²) < 4.78 is 55.8. The molecule has 7 aromatic carbocycles. The van der Waals surface area contributed by atoms with Crippen molar-refractivity contribution in [3.8, 4) is 80.1 Å². The zero-order valence-electron chi connectivity index (χ0n) is 69.9. The SMILES string of the molecule is CCCSC1=C(SCCC)C(=O)N(CCOCCOCCOCCOCc2cn(C3C(=O)N[C@@H]4Cc5ccc(c(Cl)c5)Oc5cc6cc(c5O)Oc5ccc(cc5Cl)[C@@H](O[C@@H]5O[C@H](CO)[C@@H](O)[C@H](O)[C@H]5NC(C)=O)[C@H]5NC(=O)[C@H](NC(O)[C@@H]6NC(=O)[C@@H](NC4=O)c4cc(O)cc(c4)Oc4cc3ccc4O)c3ccc(O)c(c3)-c3c(O)cc(O)cc3[C@H](C(=O)O)NC5=O)nn2)C1=O. The number of benzene rings is 7. The second-order valence-corrected chi connectivity index (χ2v) is 33.9. The number of aromatic hydroxyl groups is 6. The van der Waals surface area contributed by atoms with Crippen molar-refractivity contribution >= 4 is 100.0 Å². The summed E-state index contributed by atoms with van der Waals surface area (Å²) in [5.74, 6) is -14.9. The molecule has 0 saturated carbocycles. The Morgan fingerprint density at radius 1 is 0.580 bits per heavy atom. The van der Waals surface area contributed by atoms with Crippen LogP contribution in [-0.4, -0.2) is 249 Å². The molecular formula is C87H91Cl2N11O29S2. The summed E-state index contributed by atoms with van der Waals surface area (Å²) in [6, 6.07) is 5.34. The van der Waals surface area contributed by atoms with Crippen LogP contribution in [0.3, 0.4) is 0 Å². The number of aliphatic hydroxyl groups excluding tert-OH is 4. The lowest BCUT2D eigenvalue weighted by molar-refractivity contribution is -0.284. The molecule has 2 unspecified atom stereocenters. The van der Waals surface area contributed by atoms with Crippen LogP contribution in [0.4, 0.5) is 0 Å². The van der Waals surface area contributed by atoms with Crippen molar-refractivity contribution in [2.24, 2.45) is 0 Å². The molecule has 1 aromatic heterocycles. The fourth-order valence-electron chi connectivity index (χ4n) is 15.4. The van der Waals surface area contributed by atoms with Crippen molar-refractivity contribution < 1.29 is 142 Å². The third-order valence-corrected chi connectivity index (χ3v) is 24.9. The minimum absolute atomic E-state index is 0.0514. The van der Waals surface area contributed by atoms with Gasteiger partial charge in [0.1, 0.15) is 107 Å². The number of aliphatic hydroxyl groups is 4. The highest BCUT2D eigenvalue weighted by molar-refractivity contribution is 8.08. The van der Waals surface area contributed by atoms with Gasteiger partial charge in [-0.1, -0.05) is 66.5 Å². The Kier molecular flexibility index (Phi) is 30.4. The average Bonchev–Trinajstić information content (AvgIpc) is 1.45. The number of carbonyl (C=O) groups excluding carboxylic acids is 8. The van der Waals surface area contributed by atoms with E-state index in [2.05, 4.69) is 47.5 Å². The molecule has 9 heterocycles. The normalized spacial score (nSPS) is 23.3. The third kappa shape index (κ3) is 21.6. The Hall–Kier alpha value is -12.1. The number of ether oxygens (including phenoxy) is 9. The fourth-order valence-corrected chi connectivity index (χ4v) is 17.9. The number of aromatic nitrogens is 3. The maximum absolute atomic E-state index is 16.2. The minimum atomic E-state index is -2.50. The molecule has 8 aliphatic heterocycles. The summed E-state index contributed by atoms with van der Waals surface area (Å²) in [7, 11) is 0. The molecule has 0 radical (unpaired) electrons. The predicted molar refractivity (Wildman–Crippen MR) is 463 cm³/mol. The highest BCUT2D eigenvalue weighted by atomic mass is 35.5.